The van der Waals surface area contributed by atoms with E-state index >= 15 is 0 Å². The summed E-state index contributed by atoms with van der Waals surface area (Å²) in [7, 11) is 0. The summed E-state index contributed by atoms with van der Waals surface area (Å²) in [6, 6.07) is 2.08. The molecule has 4 heteroatoms. The molecule has 0 saturated carbocycles. The van der Waals surface area contributed by atoms with E-state index in [2.05, 4.69) is 28.4 Å². The summed E-state index contributed by atoms with van der Waals surface area (Å²) in [5, 5.41) is 5.53. The zero-order valence-corrected chi connectivity index (χ0v) is 7.14. The van der Waals surface area contributed by atoms with Gasteiger partial charge in [0.15, 0.2) is 0 Å². The van der Waals surface area contributed by atoms with Crippen molar-refractivity contribution in [3.05, 3.63) is 32.3 Å². The third-order valence-electron chi connectivity index (χ3n) is 1.47. The Bertz CT molecular complexity index is 273. The summed E-state index contributed by atoms with van der Waals surface area (Å²) >= 11 is 1.72. The van der Waals surface area contributed by atoms with Gasteiger partial charge in [0, 0.05) is 16.3 Å². The van der Waals surface area contributed by atoms with Crippen LogP contribution >= 0.6 is 11.3 Å². The topological polar surface area (TPSA) is 48.8 Å². The molecule has 58 valence electrons. The first-order valence-electron chi connectivity index (χ1n) is 3.38. The summed E-state index contributed by atoms with van der Waals surface area (Å²) in [6.45, 7) is 2.64. The molecule has 0 unspecified atom stereocenters. The molecule has 1 heterocycles. The molecule has 0 fully saturated rings. The van der Waals surface area contributed by atoms with Gasteiger partial charge in [0.1, 0.15) is 0 Å². The van der Waals surface area contributed by atoms with E-state index in [1.807, 2.05) is 0 Å². The summed E-state index contributed by atoms with van der Waals surface area (Å²) in [5.41, 5.74) is 9.32. The summed E-state index contributed by atoms with van der Waals surface area (Å²) < 4.78 is 0. The lowest BCUT2D eigenvalue weighted by molar-refractivity contribution is 0.967. The van der Waals surface area contributed by atoms with E-state index in [1.165, 1.54) is 10.4 Å². The van der Waals surface area contributed by atoms with Gasteiger partial charge in [-0.2, -0.15) is 0 Å². The van der Waals surface area contributed by atoms with Crippen molar-refractivity contribution in [1.29, 1.82) is 0 Å². The average Bonchev–Trinajstić information content (AvgIpc) is 2.37. The first kappa shape index (κ1) is 8.11. The standard InChI is InChI=1S/C7H9N3S/c1-6-3-5-11-7(6)2-4-9-10-8/h3,5H,2,4H2,1H3. The van der Waals surface area contributed by atoms with E-state index < -0.39 is 0 Å². The number of thiophene rings is 1. The van der Waals surface area contributed by atoms with Gasteiger partial charge < -0.3 is 0 Å². The highest BCUT2D eigenvalue weighted by Crippen LogP contribution is 2.15. The summed E-state index contributed by atoms with van der Waals surface area (Å²) in [4.78, 5) is 4.01. The van der Waals surface area contributed by atoms with E-state index in [9.17, 15) is 0 Å². The molecule has 0 aliphatic rings. The van der Waals surface area contributed by atoms with Crippen molar-refractivity contribution < 1.29 is 0 Å². The van der Waals surface area contributed by atoms with E-state index in [0.717, 1.165) is 6.42 Å². The third-order valence-corrected chi connectivity index (χ3v) is 2.55. The Kier molecular flexibility index (Phi) is 2.95. The van der Waals surface area contributed by atoms with Gasteiger partial charge in [-0.3, -0.25) is 0 Å². The molecule has 0 bridgehead atoms. The van der Waals surface area contributed by atoms with Crippen molar-refractivity contribution in [3.63, 3.8) is 0 Å². The number of aryl methyl sites for hydroxylation is 1. The van der Waals surface area contributed by atoms with Gasteiger partial charge in [-0.05, 0) is 35.9 Å². The van der Waals surface area contributed by atoms with Crippen molar-refractivity contribution >= 4 is 11.3 Å². The molecule has 0 aliphatic heterocycles. The first-order chi connectivity index (χ1) is 5.34. The number of rotatable bonds is 3. The minimum Gasteiger partial charge on any atom is -0.149 e. The van der Waals surface area contributed by atoms with E-state index in [4.69, 9.17) is 5.53 Å². The van der Waals surface area contributed by atoms with Gasteiger partial charge in [0.2, 0.25) is 0 Å². The molecule has 0 aliphatic carbocycles. The van der Waals surface area contributed by atoms with Gasteiger partial charge in [0.25, 0.3) is 0 Å². The second-order valence-corrected chi connectivity index (χ2v) is 3.23. The fraction of sp³-hybridized carbons (Fsp3) is 0.429. The highest BCUT2D eigenvalue weighted by Gasteiger charge is 1.96. The van der Waals surface area contributed by atoms with Crippen LogP contribution in [0.4, 0.5) is 0 Å². The van der Waals surface area contributed by atoms with Crippen LogP contribution in [-0.2, 0) is 6.42 Å². The number of hydrogen-bond acceptors (Lipinski definition) is 2. The van der Waals surface area contributed by atoms with Crippen molar-refractivity contribution in [2.24, 2.45) is 5.11 Å². The molecule has 11 heavy (non-hydrogen) atoms. The Hall–Kier alpha value is -0.990. The first-order valence-corrected chi connectivity index (χ1v) is 4.26. The summed E-state index contributed by atoms with van der Waals surface area (Å²) in [6.07, 6.45) is 0.869. The molecule has 1 aromatic rings. The highest BCUT2D eigenvalue weighted by molar-refractivity contribution is 7.10. The van der Waals surface area contributed by atoms with Crippen LogP contribution in [0.2, 0.25) is 0 Å². The van der Waals surface area contributed by atoms with Crippen LogP contribution in [0.5, 0.6) is 0 Å². The maximum atomic E-state index is 8.03. The molecule has 0 spiro atoms. The molecular formula is C7H9N3S. The molecule has 0 saturated heterocycles. The largest absolute Gasteiger partial charge is 0.149 e. The van der Waals surface area contributed by atoms with Gasteiger partial charge in [-0.15, -0.1) is 11.3 Å². The van der Waals surface area contributed by atoms with Crippen molar-refractivity contribution in [1.82, 2.24) is 0 Å². The number of hydrogen-bond donors (Lipinski definition) is 0. The second kappa shape index (κ2) is 4.01. The van der Waals surface area contributed by atoms with Gasteiger partial charge >= 0.3 is 0 Å². The highest BCUT2D eigenvalue weighted by atomic mass is 32.1. The molecule has 1 aromatic heterocycles. The summed E-state index contributed by atoms with van der Waals surface area (Å²) in [5.74, 6) is 0. The number of nitrogens with zero attached hydrogens (tertiary/aromatic N) is 3. The van der Waals surface area contributed by atoms with Gasteiger partial charge in [-0.1, -0.05) is 5.11 Å². The second-order valence-electron chi connectivity index (χ2n) is 2.23. The van der Waals surface area contributed by atoms with Gasteiger partial charge in [0.05, 0.1) is 0 Å². The van der Waals surface area contributed by atoms with Crippen LogP contribution in [0, 0.1) is 6.92 Å². The Morgan fingerprint density at radius 1 is 1.73 bits per heavy atom. The van der Waals surface area contributed by atoms with Crippen LogP contribution in [0.25, 0.3) is 10.4 Å². The molecule has 3 nitrogen and oxygen atoms in total. The maximum absolute atomic E-state index is 8.03. The predicted molar refractivity (Wildman–Crippen MR) is 46.8 cm³/mol. The fourth-order valence-corrected chi connectivity index (χ4v) is 1.76. The van der Waals surface area contributed by atoms with E-state index in [-0.39, 0.29) is 0 Å². The van der Waals surface area contributed by atoms with Gasteiger partial charge in [-0.25, -0.2) is 0 Å². The average molecular weight is 167 g/mol. The Morgan fingerprint density at radius 3 is 3.09 bits per heavy atom. The smallest absolute Gasteiger partial charge is 0.0306 e. The van der Waals surface area contributed by atoms with Crippen molar-refractivity contribution in [2.45, 2.75) is 13.3 Å². The predicted octanol–water partition coefficient (Wildman–Crippen LogP) is 2.91. The third kappa shape index (κ3) is 2.26. The van der Waals surface area contributed by atoms with Crippen LogP contribution in [0.1, 0.15) is 10.4 Å². The van der Waals surface area contributed by atoms with E-state index in [0.29, 0.717) is 6.54 Å². The van der Waals surface area contributed by atoms with E-state index in [1.54, 1.807) is 11.3 Å². The minimum atomic E-state index is 0.567. The fourth-order valence-electron chi connectivity index (χ4n) is 0.856. The van der Waals surface area contributed by atoms with Crippen LogP contribution in [0.3, 0.4) is 0 Å². The molecule has 0 aromatic carbocycles. The lowest BCUT2D eigenvalue weighted by atomic mass is 10.2. The molecule has 0 N–H and O–H groups in total. The Labute approximate surface area is 69.3 Å². The molecule has 0 amide bonds. The molecule has 0 atom stereocenters. The zero-order chi connectivity index (χ0) is 8.10. The Morgan fingerprint density at radius 2 is 2.55 bits per heavy atom. The molecular weight excluding hydrogens is 158 g/mol. The zero-order valence-electron chi connectivity index (χ0n) is 6.32. The minimum absolute atomic E-state index is 0.567. The normalized spacial score (nSPS) is 9.18. The quantitative estimate of drug-likeness (QED) is 0.377. The Balaban J connectivity index is 2.50. The van der Waals surface area contributed by atoms with Crippen LogP contribution < -0.4 is 0 Å². The lowest BCUT2D eigenvalue weighted by Gasteiger charge is -1.92. The van der Waals surface area contributed by atoms with Crippen LogP contribution in [-0.4, -0.2) is 6.54 Å². The van der Waals surface area contributed by atoms with Crippen molar-refractivity contribution in [2.75, 3.05) is 6.54 Å². The number of azide groups is 1. The monoisotopic (exact) mass is 167 g/mol. The van der Waals surface area contributed by atoms with Crippen LogP contribution in [0.15, 0.2) is 16.6 Å². The maximum Gasteiger partial charge on any atom is 0.0306 e. The lowest BCUT2D eigenvalue weighted by Crippen LogP contribution is -1.85. The SMILES string of the molecule is Cc1ccsc1CCN=[N+]=[N-]. The molecule has 1 rings (SSSR count). The van der Waals surface area contributed by atoms with Crippen molar-refractivity contribution in [3.8, 4) is 0 Å². The molecule has 0 radical (unpaired) electrons.